The lowest BCUT2D eigenvalue weighted by atomic mass is 10.0. The molecule has 0 bridgehead atoms. The molecule has 0 aromatic heterocycles. The summed E-state index contributed by atoms with van der Waals surface area (Å²) in [6.07, 6.45) is 0.816. The highest BCUT2D eigenvalue weighted by molar-refractivity contribution is 5.77. The van der Waals surface area contributed by atoms with E-state index in [0.717, 1.165) is 12.0 Å². The summed E-state index contributed by atoms with van der Waals surface area (Å²) in [5, 5.41) is 15.6. The lowest BCUT2D eigenvalue weighted by Gasteiger charge is -2.18. The van der Waals surface area contributed by atoms with Gasteiger partial charge in [-0.15, -0.1) is 0 Å². The second-order valence-corrected chi connectivity index (χ2v) is 3.85. The molecule has 0 saturated heterocycles. The Kier molecular flexibility index (Phi) is 5.49. The smallest absolute Gasteiger partial charge is 0.233 e. The van der Waals surface area contributed by atoms with Crippen molar-refractivity contribution < 1.29 is 9.90 Å². The van der Waals surface area contributed by atoms with Crippen molar-refractivity contribution in [2.75, 3.05) is 13.1 Å². The monoisotopic (exact) mass is 236 g/mol. The Morgan fingerprint density at radius 2 is 2.06 bits per heavy atom. The van der Waals surface area contributed by atoms with E-state index in [2.05, 4.69) is 10.6 Å². The number of aromatic hydroxyl groups is 1. The van der Waals surface area contributed by atoms with Crippen LogP contribution in [0.4, 0.5) is 0 Å². The minimum Gasteiger partial charge on any atom is -0.508 e. The number of hydrogen-bond acceptors (Lipinski definition) is 3. The van der Waals surface area contributed by atoms with E-state index in [1.54, 1.807) is 12.1 Å². The predicted molar refractivity (Wildman–Crippen MR) is 67.8 cm³/mol. The fourth-order valence-electron chi connectivity index (χ4n) is 1.73. The van der Waals surface area contributed by atoms with Crippen molar-refractivity contribution in [3.05, 3.63) is 29.8 Å². The molecule has 1 amide bonds. The molecule has 0 spiro atoms. The van der Waals surface area contributed by atoms with Crippen molar-refractivity contribution in [2.45, 2.75) is 26.3 Å². The maximum absolute atomic E-state index is 11.3. The van der Waals surface area contributed by atoms with Crippen LogP contribution in [0.5, 0.6) is 5.75 Å². The zero-order chi connectivity index (χ0) is 12.7. The second-order valence-electron chi connectivity index (χ2n) is 3.85. The normalized spacial score (nSPS) is 12.1. The zero-order valence-corrected chi connectivity index (χ0v) is 10.4. The quantitative estimate of drug-likeness (QED) is 0.702. The molecule has 17 heavy (non-hydrogen) atoms. The van der Waals surface area contributed by atoms with Gasteiger partial charge in [-0.05, 0) is 19.4 Å². The standard InChI is InChI=1S/C13H20N2O2/c1-3-11(15-9-13(17)14-4-2)10-7-5-6-8-12(10)16/h5-8,11,15-16H,3-4,9H2,1-2H3,(H,14,17). The minimum atomic E-state index is -0.0265. The van der Waals surface area contributed by atoms with Gasteiger partial charge in [-0.1, -0.05) is 25.1 Å². The van der Waals surface area contributed by atoms with Crippen LogP contribution in [0.1, 0.15) is 31.9 Å². The topological polar surface area (TPSA) is 61.4 Å². The molecule has 1 atom stereocenters. The molecule has 0 fully saturated rings. The molecule has 1 aromatic carbocycles. The van der Waals surface area contributed by atoms with Crippen LogP contribution in [-0.4, -0.2) is 24.1 Å². The average Bonchev–Trinajstić information content (AvgIpc) is 2.32. The lowest BCUT2D eigenvalue weighted by Crippen LogP contribution is -2.35. The van der Waals surface area contributed by atoms with Gasteiger partial charge in [-0.25, -0.2) is 0 Å². The number of likely N-dealkylation sites (N-methyl/N-ethyl adjacent to an activating group) is 1. The summed E-state index contributed by atoms with van der Waals surface area (Å²) in [7, 11) is 0. The van der Waals surface area contributed by atoms with Crippen molar-refractivity contribution in [3.63, 3.8) is 0 Å². The van der Waals surface area contributed by atoms with Crippen LogP contribution in [-0.2, 0) is 4.79 Å². The van der Waals surface area contributed by atoms with Gasteiger partial charge >= 0.3 is 0 Å². The average molecular weight is 236 g/mol. The molecule has 0 aliphatic heterocycles. The Hall–Kier alpha value is -1.55. The van der Waals surface area contributed by atoms with Crippen molar-refractivity contribution in [2.24, 2.45) is 0 Å². The van der Waals surface area contributed by atoms with Gasteiger partial charge in [-0.3, -0.25) is 4.79 Å². The largest absolute Gasteiger partial charge is 0.508 e. The Morgan fingerprint density at radius 1 is 1.35 bits per heavy atom. The number of hydrogen-bond donors (Lipinski definition) is 3. The number of amides is 1. The van der Waals surface area contributed by atoms with Crippen LogP contribution in [0.2, 0.25) is 0 Å². The number of para-hydroxylation sites is 1. The van der Waals surface area contributed by atoms with Crippen LogP contribution in [0.25, 0.3) is 0 Å². The summed E-state index contributed by atoms with van der Waals surface area (Å²) < 4.78 is 0. The van der Waals surface area contributed by atoms with Crippen LogP contribution < -0.4 is 10.6 Å². The van der Waals surface area contributed by atoms with Crippen LogP contribution in [0.15, 0.2) is 24.3 Å². The molecule has 0 aliphatic carbocycles. The van der Waals surface area contributed by atoms with E-state index in [4.69, 9.17) is 0 Å². The van der Waals surface area contributed by atoms with E-state index in [1.807, 2.05) is 26.0 Å². The third-order valence-corrected chi connectivity index (χ3v) is 2.60. The maximum atomic E-state index is 11.3. The van der Waals surface area contributed by atoms with E-state index >= 15 is 0 Å². The molecule has 4 nitrogen and oxygen atoms in total. The molecule has 94 valence electrons. The minimum absolute atomic E-state index is 0.00111. The molecule has 0 heterocycles. The molecule has 1 aromatic rings. The molecule has 0 aliphatic rings. The predicted octanol–water partition coefficient (Wildman–Crippen LogP) is 1.57. The van der Waals surface area contributed by atoms with E-state index in [0.29, 0.717) is 6.54 Å². The van der Waals surface area contributed by atoms with Gasteiger partial charge in [0.25, 0.3) is 0 Å². The van der Waals surface area contributed by atoms with Gasteiger partial charge in [0.2, 0.25) is 5.91 Å². The van der Waals surface area contributed by atoms with E-state index in [9.17, 15) is 9.90 Å². The highest BCUT2D eigenvalue weighted by Gasteiger charge is 2.13. The summed E-state index contributed by atoms with van der Waals surface area (Å²) >= 11 is 0. The first-order chi connectivity index (χ1) is 8.19. The Labute approximate surface area is 102 Å². The van der Waals surface area contributed by atoms with Gasteiger partial charge in [0.1, 0.15) is 5.75 Å². The first-order valence-electron chi connectivity index (χ1n) is 5.97. The molecule has 0 saturated carbocycles. The first kappa shape index (κ1) is 13.5. The van der Waals surface area contributed by atoms with Gasteiger partial charge in [0.05, 0.1) is 6.54 Å². The molecule has 0 radical (unpaired) electrons. The Balaban J connectivity index is 2.60. The molecule has 1 unspecified atom stereocenters. The van der Waals surface area contributed by atoms with Gasteiger partial charge < -0.3 is 15.7 Å². The fraction of sp³-hybridized carbons (Fsp3) is 0.462. The summed E-state index contributed by atoms with van der Waals surface area (Å²) in [4.78, 5) is 11.3. The number of benzene rings is 1. The number of carbonyl (C=O) groups excluding carboxylic acids is 1. The van der Waals surface area contributed by atoms with Crippen LogP contribution >= 0.6 is 0 Å². The van der Waals surface area contributed by atoms with Gasteiger partial charge in [0, 0.05) is 18.2 Å². The zero-order valence-electron chi connectivity index (χ0n) is 10.4. The molecule has 3 N–H and O–H groups in total. The van der Waals surface area contributed by atoms with Crippen molar-refractivity contribution in [1.29, 1.82) is 0 Å². The molecular weight excluding hydrogens is 216 g/mol. The van der Waals surface area contributed by atoms with Crippen LogP contribution in [0, 0.1) is 0 Å². The molecule has 1 rings (SSSR count). The van der Waals surface area contributed by atoms with E-state index < -0.39 is 0 Å². The molecular formula is C13H20N2O2. The number of phenols is 1. The number of rotatable bonds is 6. The lowest BCUT2D eigenvalue weighted by molar-refractivity contribution is -0.120. The number of carbonyl (C=O) groups is 1. The van der Waals surface area contributed by atoms with Crippen molar-refractivity contribution in [1.82, 2.24) is 10.6 Å². The maximum Gasteiger partial charge on any atom is 0.233 e. The summed E-state index contributed by atoms with van der Waals surface area (Å²) in [6, 6.07) is 7.19. The third kappa shape index (κ3) is 4.07. The van der Waals surface area contributed by atoms with Crippen molar-refractivity contribution in [3.8, 4) is 5.75 Å². The van der Waals surface area contributed by atoms with Gasteiger partial charge in [0.15, 0.2) is 0 Å². The summed E-state index contributed by atoms with van der Waals surface area (Å²) in [5.74, 6) is 0.240. The van der Waals surface area contributed by atoms with E-state index in [-0.39, 0.29) is 24.2 Å². The van der Waals surface area contributed by atoms with Gasteiger partial charge in [-0.2, -0.15) is 0 Å². The summed E-state index contributed by atoms with van der Waals surface area (Å²) in [5.41, 5.74) is 0.833. The third-order valence-electron chi connectivity index (χ3n) is 2.60. The van der Waals surface area contributed by atoms with Crippen molar-refractivity contribution >= 4 is 5.91 Å². The fourth-order valence-corrected chi connectivity index (χ4v) is 1.73. The summed E-state index contributed by atoms with van der Waals surface area (Å²) in [6.45, 7) is 4.80. The first-order valence-corrected chi connectivity index (χ1v) is 5.97. The van der Waals surface area contributed by atoms with E-state index in [1.165, 1.54) is 0 Å². The highest BCUT2D eigenvalue weighted by atomic mass is 16.3. The second kappa shape index (κ2) is 6.91. The highest BCUT2D eigenvalue weighted by Crippen LogP contribution is 2.25. The van der Waals surface area contributed by atoms with Crippen LogP contribution in [0.3, 0.4) is 0 Å². The molecule has 4 heteroatoms. The SMILES string of the molecule is CCNC(=O)CNC(CC)c1ccccc1O. The number of nitrogens with one attached hydrogen (secondary N) is 2. The Bertz CT molecular complexity index is 366. The number of phenolic OH excluding ortho intramolecular Hbond substituents is 1. The Morgan fingerprint density at radius 3 is 2.65 bits per heavy atom.